The van der Waals surface area contributed by atoms with Crippen LogP contribution in [0.1, 0.15) is 12.5 Å². The predicted molar refractivity (Wildman–Crippen MR) is 53.9 cm³/mol. The Morgan fingerprint density at radius 1 is 1.36 bits per heavy atom. The third kappa shape index (κ3) is 2.16. The largest absolute Gasteiger partial charge is 0.504 e. The van der Waals surface area contributed by atoms with Crippen LogP contribution in [0.15, 0.2) is 23.4 Å². The van der Waals surface area contributed by atoms with Crippen molar-refractivity contribution >= 4 is 5.71 Å². The van der Waals surface area contributed by atoms with Gasteiger partial charge in [0.1, 0.15) is 7.11 Å². The third-order valence-electron chi connectivity index (χ3n) is 1.83. The first-order valence-electron chi connectivity index (χ1n) is 4.14. The Morgan fingerprint density at radius 2 is 2.07 bits per heavy atom. The Bertz CT molecular complexity index is 347. The van der Waals surface area contributed by atoms with Gasteiger partial charge in [-0.2, -0.15) is 0 Å². The number of phenols is 1. The number of oxime groups is 1. The fourth-order valence-corrected chi connectivity index (χ4v) is 1.09. The number of methoxy groups -OCH3 is 1. The zero-order valence-corrected chi connectivity index (χ0v) is 8.44. The van der Waals surface area contributed by atoms with E-state index in [-0.39, 0.29) is 5.75 Å². The summed E-state index contributed by atoms with van der Waals surface area (Å²) >= 11 is 0. The van der Waals surface area contributed by atoms with Crippen molar-refractivity contribution in [3.8, 4) is 11.5 Å². The predicted octanol–water partition coefficient (Wildman–Crippen LogP) is 1.77. The van der Waals surface area contributed by atoms with Crippen molar-refractivity contribution in [2.45, 2.75) is 6.92 Å². The highest BCUT2D eigenvalue weighted by atomic mass is 16.6. The summed E-state index contributed by atoms with van der Waals surface area (Å²) < 4.78 is 4.97. The summed E-state index contributed by atoms with van der Waals surface area (Å²) in [5.41, 5.74) is 1.58. The van der Waals surface area contributed by atoms with Crippen molar-refractivity contribution in [1.29, 1.82) is 0 Å². The molecule has 0 unspecified atom stereocenters. The van der Waals surface area contributed by atoms with Gasteiger partial charge in [-0.15, -0.1) is 0 Å². The minimum atomic E-state index is 0.112. The van der Waals surface area contributed by atoms with E-state index >= 15 is 0 Å². The van der Waals surface area contributed by atoms with E-state index in [1.54, 1.807) is 18.2 Å². The van der Waals surface area contributed by atoms with Crippen molar-refractivity contribution in [2.75, 3.05) is 14.2 Å². The number of rotatable bonds is 3. The molecule has 0 radical (unpaired) electrons. The maximum Gasteiger partial charge on any atom is 0.161 e. The fourth-order valence-electron chi connectivity index (χ4n) is 1.09. The Balaban J connectivity index is 3.06. The first-order chi connectivity index (χ1) is 6.69. The van der Waals surface area contributed by atoms with Gasteiger partial charge in [-0.25, -0.2) is 0 Å². The zero-order chi connectivity index (χ0) is 10.6. The van der Waals surface area contributed by atoms with E-state index in [0.717, 1.165) is 11.3 Å². The Hall–Kier alpha value is -1.71. The molecule has 1 aromatic carbocycles. The first kappa shape index (κ1) is 10.4. The van der Waals surface area contributed by atoms with E-state index in [4.69, 9.17) is 4.74 Å². The van der Waals surface area contributed by atoms with Crippen molar-refractivity contribution in [1.82, 2.24) is 0 Å². The van der Waals surface area contributed by atoms with Crippen LogP contribution in [0, 0.1) is 0 Å². The Kier molecular flexibility index (Phi) is 3.34. The van der Waals surface area contributed by atoms with Crippen molar-refractivity contribution in [3.05, 3.63) is 23.8 Å². The molecule has 1 N–H and O–H groups in total. The van der Waals surface area contributed by atoms with Gasteiger partial charge < -0.3 is 14.7 Å². The van der Waals surface area contributed by atoms with Gasteiger partial charge in [-0.05, 0) is 25.1 Å². The quantitative estimate of drug-likeness (QED) is 0.590. The maximum absolute atomic E-state index is 9.35. The van der Waals surface area contributed by atoms with Crippen molar-refractivity contribution in [2.24, 2.45) is 5.16 Å². The molecular formula is C10H13NO3. The molecule has 76 valence electrons. The van der Waals surface area contributed by atoms with Crippen molar-refractivity contribution < 1.29 is 14.7 Å². The number of nitrogens with zero attached hydrogens (tertiary/aromatic N) is 1. The monoisotopic (exact) mass is 195 g/mol. The average molecular weight is 195 g/mol. The minimum Gasteiger partial charge on any atom is -0.504 e. The molecule has 14 heavy (non-hydrogen) atoms. The topological polar surface area (TPSA) is 51.0 Å². The Labute approximate surface area is 82.8 Å². The highest BCUT2D eigenvalue weighted by Crippen LogP contribution is 2.26. The van der Waals surface area contributed by atoms with Crippen LogP contribution in [0.25, 0.3) is 0 Å². The van der Waals surface area contributed by atoms with Crippen LogP contribution in [0.5, 0.6) is 11.5 Å². The van der Waals surface area contributed by atoms with Crippen LogP contribution in [-0.4, -0.2) is 25.0 Å². The third-order valence-corrected chi connectivity index (χ3v) is 1.83. The summed E-state index contributed by atoms with van der Waals surface area (Å²) in [4.78, 5) is 4.65. The molecule has 0 aromatic heterocycles. The summed E-state index contributed by atoms with van der Waals surface area (Å²) in [6, 6.07) is 5.01. The lowest BCUT2D eigenvalue weighted by Crippen LogP contribution is -1.96. The van der Waals surface area contributed by atoms with Gasteiger partial charge >= 0.3 is 0 Å². The standard InChI is InChI=1S/C10H13NO3/c1-7(11-14-3)8-4-5-9(12)10(6-8)13-2/h4-6,12H,1-3H3/b11-7-. The minimum absolute atomic E-state index is 0.112. The van der Waals surface area contributed by atoms with Crippen LogP contribution >= 0.6 is 0 Å². The van der Waals surface area contributed by atoms with E-state index in [1.807, 2.05) is 6.92 Å². The molecule has 0 aliphatic carbocycles. The van der Waals surface area contributed by atoms with E-state index < -0.39 is 0 Å². The normalized spacial score (nSPS) is 11.2. The molecule has 0 fully saturated rings. The maximum atomic E-state index is 9.35. The average Bonchev–Trinajstić information content (AvgIpc) is 2.19. The summed E-state index contributed by atoms with van der Waals surface area (Å²) in [5.74, 6) is 0.537. The van der Waals surface area contributed by atoms with Crippen LogP contribution in [-0.2, 0) is 4.84 Å². The van der Waals surface area contributed by atoms with Crippen molar-refractivity contribution in [3.63, 3.8) is 0 Å². The first-order valence-corrected chi connectivity index (χ1v) is 4.14. The molecule has 4 nitrogen and oxygen atoms in total. The van der Waals surface area contributed by atoms with Crippen LogP contribution in [0.4, 0.5) is 0 Å². The molecule has 0 bridgehead atoms. The molecule has 0 aliphatic heterocycles. The summed E-state index contributed by atoms with van der Waals surface area (Å²) in [5, 5.41) is 13.1. The number of phenolic OH excluding ortho intramolecular Hbond substituents is 1. The summed E-state index contributed by atoms with van der Waals surface area (Å²) in [6.45, 7) is 1.81. The second-order valence-corrected chi connectivity index (χ2v) is 2.75. The van der Waals surface area contributed by atoms with Gasteiger partial charge in [-0.1, -0.05) is 5.16 Å². The second kappa shape index (κ2) is 4.50. The highest BCUT2D eigenvalue weighted by Gasteiger charge is 2.04. The summed E-state index contributed by atoms with van der Waals surface area (Å²) in [7, 11) is 2.99. The molecule has 0 atom stereocenters. The lowest BCUT2D eigenvalue weighted by atomic mass is 10.1. The summed E-state index contributed by atoms with van der Waals surface area (Å²) in [6.07, 6.45) is 0. The number of ether oxygens (including phenoxy) is 1. The highest BCUT2D eigenvalue weighted by molar-refractivity contribution is 5.98. The van der Waals surface area contributed by atoms with E-state index in [0.29, 0.717) is 5.75 Å². The molecule has 0 saturated heterocycles. The zero-order valence-electron chi connectivity index (χ0n) is 8.44. The lowest BCUT2D eigenvalue weighted by molar-refractivity contribution is 0.213. The Morgan fingerprint density at radius 3 is 2.64 bits per heavy atom. The van der Waals surface area contributed by atoms with Gasteiger partial charge in [0.05, 0.1) is 12.8 Å². The molecule has 1 aromatic rings. The molecule has 0 aliphatic rings. The van der Waals surface area contributed by atoms with Crippen LogP contribution in [0.2, 0.25) is 0 Å². The van der Waals surface area contributed by atoms with E-state index in [2.05, 4.69) is 9.99 Å². The number of aromatic hydroxyl groups is 1. The van der Waals surface area contributed by atoms with Gasteiger partial charge in [0.2, 0.25) is 0 Å². The molecule has 0 saturated carbocycles. The van der Waals surface area contributed by atoms with Crippen LogP contribution < -0.4 is 4.74 Å². The number of hydrogen-bond donors (Lipinski definition) is 1. The molecule has 1 rings (SSSR count). The number of benzene rings is 1. The molecule has 0 heterocycles. The molecule has 0 amide bonds. The van der Waals surface area contributed by atoms with Gasteiger partial charge in [0.15, 0.2) is 11.5 Å². The molecule has 4 heteroatoms. The second-order valence-electron chi connectivity index (χ2n) is 2.75. The molecule has 0 spiro atoms. The van der Waals surface area contributed by atoms with E-state index in [9.17, 15) is 5.11 Å². The van der Waals surface area contributed by atoms with Gasteiger partial charge in [0.25, 0.3) is 0 Å². The smallest absolute Gasteiger partial charge is 0.161 e. The SMILES string of the molecule is CO/N=C(/C)c1ccc(O)c(OC)c1. The van der Waals surface area contributed by atoms with Crippen LogP contribution in [0.3, 0.4) is 0 Å². The van der Waals surface area contributed by atoms with Gasteiger partial charge in [0, 0.05) is 5.56 Å². The van der Waals surface area contributed by atoms with E-state index in [1.165, 1.54) is 14.2 Å². The number of hydrogen-bond acceptors (Lipinski definition) is 4. The lowest BCUT2D eigenvalue weighted by Gasteiger charge is -2.05. The van der Waals surface area contributed by atoms with Gasteiger partial charge in [-0.3, -0.25) is 0 Å². The fraction of sp³-hybridized carbons (Fsp3) is 0.300. The molecular weight excluding hydrogens is 182 g/mol.